The van der Waals surface area contributed by atoms with Crippen molar-refractivity contribution in [2.75, 3.05) is 18.5 Å². The molecule has 0 aromatic carbocycles. The van der Waals surface area contributed by atoms with E-state index in [0.29, 0.717) is 18.6 Å². The van der Waals surface area contributed by atoms with Gasteiger partial charge in [0, 0.05) is 12.8 Å². The topological polar surface area (TPSA) is 51.2 Å². The Morgan fingerprint density at radius 3 is 2.85 bits per heavy atom. The van der Waals surface area contributed by atoms with Crippen LogP contribution in [0.5, 0.6) is 0 Å². The SMILES string of the molecule is Cc1ccnc(C(F)(F)F)c1NC(=O)C1CCCOC1. The quantitative estimate of drug-likeness (QED) is 0.910. The van der Waals surface area contributed by atoms with Crippen molar-refractivity contribution >= 4 is 11.6 Å². The third-order valence-electron chi connectivity index (χ3n) is 3.21. The third-order valence-corrected chi connectivity index (χ3v) is 3.21. The second-order valence-electron chi connectivity index (χ2n) is 4.75. The van der Waals surface area contributed by atoms with Crippen molar-refractivity contribution < 1.29 is 22.7 Å². The summed E-state index contributed by atoms with van der Waals surface area (Å²) in [6.45, 7) is 2.33. The summed E-state index contributed by atoms with van der Waals surface area (Å²) in [5.74, 6) is -0.865. The zero-order chi connectivity index (χ0) is 14.8. The minimum Gasteiger partial charge on any atom is -0.381 e. The van der Waals surface area contributed by atoms with E-state index >= 15 is 0 Å². The fourth-order valence-electron chi connectivity index (χ4n) is 2.10. The molecule has 1 N–H and O–H groups in total. The smallest absolute Gasteiger partial charge is 0.381 e. The monoisotopic (exact) mass is 288 g/mol. The molecule has 110 valence electrons. The summed E-state index contributed by atoms with van der Waals surface area (Å²) in [5, 5.41) is 2.35. The van der Waals surface area contributed by atoms with Crippen LogP contribution in [0.15, 0.2) is 12.3 Å². The highest BCUT2D eigenvalue weighted by Gasteiger charge is 2.37. The summed E-state index contributed by atoms with van der Waals surface area (Å²) in [6, 6.07) is 1.43. The maximum atomic E-state index is 12.9. The van der Waals surface area contributed by atoms with Crippen molar-refractivity contribution in [2.45, 2.75) is 25.9 Å². The summed E-state index contributed by atoms with van der Waals surface area (Å²) in [5.41, 5.74) is -1.00. The van der Waals surface area contributed by atoms with Crippen molar-refractivity contribution in [1.82, 2.24) is 4.98 Å². The number of carbonyl (C=O) groups is 1. The van der Waals surface area contributed by atoms with Crippen LogP contribution in [0, 0.1) is 12.8 Å². The highest BCUT2D eigenvalue weighted by Crippen LogP contribution is 2.35. The maximum absolute atomic E-state index is 12.9. The molecule has 1 aliphatic rings. The van der Waals surface area contributed by atoms with Gasteiger partial charge in [-0.05, 0) is 31.4 Å². The number of nitrogens with one attached hydrogen (secondary N) is 1. The molecule has 0 saturated carbocycles. The molecule has 1 aliphatic heterocycles. The number of hydrogen-bond acceptors (Lipinski definition) is 3. The van der Waals surface area contributed by atoms with Crippen LogP contribution in [0.2, 0.25) is 0 Å². The molecular weight excluding hydrogens is 273 g/mol. The van der Waals surface area contributed by atoms with E-state index in [9.17, 15) is 18.0 Å². The zero-order valence-electron chi connectivity index (χ0n) is 11.0. The molecule has 7 heteroatoms. The van der Waals surface area contributed by atoms with Gasteiger partial charge in [-0.3, -0.25) is 4.79 Å². The molecule has 20 heavy (non-hydrogen) atoms. The van der Waals surface area contributed by atoms with Crippen molar-refractivity contribution in [3.05, 3.63) is 23.5 Å². The molecule has 0 radical (unpaired) electrons. The predicted molar refractivity (Wildman–Crippen MR) is 66.1 cm³/mol. The van der Waals surface area contributed by atoms with Gasteiger partial charge in [0.15, 0.2) is 5.69 Å². The van der Waals surface area contributed by atoms with Crippen molar-refractivity contribution in [3.63, 3.8) is 0 Å². The number of hydrogen-bond donors (Lipinski definition) is 1. The lowest BCUT2D eigenvalue weighted by Gasteiger charge is -2.22. The van der Waals surface area contributed by atoms with Crippen molar-refractivity contribution in [2.24, 2.45) is 5.92 Å². The fraction of sp³-hybridized carbons (Fsp3) is 0.538. The molecule has 0 aliphatic carbocycles. The molecule has 1 aromatic heterocycles. The summed E-state index contributed by atoms with van der Waals surface area (Å²) < 4.78 is 43.8. The van der Waals surface area contributed by atoms with Gasteiger partial charge in [-0.1, -0.05) is 0 Å². The van der Waals surface area contributed by atoms with E-state index in [-0.39, 0.29) is 12.3 Å². The number of amides is 1. The molecule has 4 nitrogen and oxygen atoms in total. The van der Waals surface area contributed by atoms with E-state index in [1.807, 2.05) is 0 Å². The maximum Gasteiger partial charge on any atom is 0.435 e. The first kappa shape index (κ1) is 14.8. The van der Waals surface area contributed by atoms with Gasteiger partial charge < -0.3 is 10.1 Å². The second kappa shape index (κ2) is 5.78. The largest absolute Gasteiger partial charge is 0.435 e. The Hall–Kier alpha value is -1.63. The molecule has 0 bridgehead atoms. The van der Waals surface area contributed by atoms with E-state index in [1.54, 1.807) is 0 Å². The molecule has 1 amide bonds. The van der Waals surface area contributed by atoms with Gasteiger partial charge in [0.25, 0.3) is 0 Å². The number of ether oxygens (including phenoxy) is 1. The molecule has 1 atom stereocenters. The molecule has 2 heterocycles. The number of pyridine rings is 1. The van der Waals surface area contributed by atoms with E-state index in [2.05, 4.69) is 10.3 Å². The Labute approximate surface area is 114 Å². The van der Waals surface area contributed by atoms with E-state index < -0.39 is 23.7 Å². The highest BCUT2D eigenvalue weighted by molar-refractivity contribution is 5.94. The normalized spacial score (nSPS) is 19.7. The van der Waals surface area contributed by atoms with Gasteiger partial charge in [0.05, 0.1) is 18.2 Å². The Morgan fingerprint density at radius 2 is 2.25 bits per heavy atom. The summed E-state index contributed by atoms with van der Waals surface area (Å²) >= 11 is 0. The van der Waals surface area contributed by atoms with Crippen LogP contribution >= 0.6 is 0 Å². The molecule has 1 saturated heterocycles. The van der Waals surface area contributed by atoms with E-state index in [1.165, 1.54) is 13.0 Å². The zero-order valence-corrected chi connectivity index (χ0v) is 11.0. The second-order valence-corrected chi connectivity index (χ2v) is 4.75. The third kappa shape index (κ3) is 3.27. The lowest BCUT2D eigenvalue weighted by molar-refractivity contribution is -0.140. The number of halogens is 3. The number of anilines is 1. The summed E-state index contributed by atoms with van der Waals surface area (Å²) in [6.07, 6.45) is -2.17. The number of rotatable bonds is 2. The highest BCUT2D eigenvalue weighted by atomic mass is 19.4. The summed E-state index contributed by atoms with van der Waals surface area (Å²) in [7, 11) is 0. The minimum atomic E-state index is -4.60. The Morgan fingerprint density at radius 1 is 1.50 bits per heavy atom. The Bertz CT molecular complexity index is 497. The number of nitrogens with zero attached hydrogens (tertiary/aromatic N) is 1. The van der Waals surface area contributed by atoms with E-state index in [0.717, 1.165) is 12.6 Å². The number of alkyl halides is 3. The lowest BCUT2D eigenvalue weighted by Crippen LogP contribution is -2.31. The van der Waals surface area contributed by atoms with Crippen LogP contribution < -0.4 is 5.32 Å². The minimum absolute atomic E-state index is 0.243. The molecule has 2 rings (SSSR count). The van der Waals surface area contributed by atoms with Crippen molar-refractivity contribution in [3.8, 4) is 0 Å². The summed E-state index contributed by atoms with van der Waals surface area (Å²) in [4.78, 5) is 15.4. The first-order valence-electron chi connectivity index (χ1n) is 6.31. The van der Waals surface area contributed by atoms with Gasteiger partial charge in [0.2, 0.25) is 5.91 Å². The number of aromatic nitrogens is 1. The number of carbonyl (C=O) groups excluding carboxylic acids is 1. The van der Waals surface area contributed by atoms with Crippen LogP contribution in [0.3, 0.4) is 0 Å². The lowest BCUT2D eigenvalue weighted by atomic mass is 10.0. The van der Waals surface area contributed by atoms with Gasteiger partial charge in [-0.15, -0.1) is 0 Å². The standard InChI is InChI=1S/C13H15F3N2O2/c1-8-4-5-17-11(13(14,15)16)10(8)18-12(19)9-3-2-6-20-7-9/h4-5,9H,2-3,6-7H2,1H3,(H,18,19). The molecular formula is C13H15F3N2O2. The van der Waals surface area contributed by atoms with Crippen LogP contribution in [0.1, 0.15) is 24.1 Å². The fourth-order valence-corrected chi connectivity index (χ4v) is 2.10. The molecule has 1 unspecified atom stereocenters. The van der Waals surface area contributed by atoms with Crippen LogP contribution in [-0.4, -0.2) is 24.1 Å². The van der Waals surface area contributed by atoms with Crippen LogP contribution in [-0.2, 0) is 15.7 Å². The average molecular weight is 288 g/mol. The van der Waals surface area contributed by atoms with Gasteiger partial charge >= 0.3 is 6.18 Å². The first-order valence-corrected chi connectivity index (χ1v) is 6.31. The van der Waals surface area contributed by atoms with Crippen molar-refractivity contribution in [1.29, 1.82) is 0 Å². The number of aryl methyl sites for hydroxylation is 1. The average Bonchev–Trinajstić information content (AvgIpc) is 2.40. The molecule has 1 aromatic rings. The predicted octanol–water partition coefficient (Wildman–Crippen LogP) is 2.77. The van der Waals surface area contributed by atoms with Gasteiger partial charge in [-0.2, -0.15) is 13.2 Å². The Balaban J connectivity index is 2.22. The first-order chi connectivity index (χ1) is 9.39. The van der Waals surface area contributed by atoms with Crippen LogP contribution in [0.25, 0.3) is 0 Å². The van der Waals surface area contributed by atoms with Crippen LogP contribution in [0.4, 0.5) is 18.9 Å². The molecule has 0 spiro atoms. The van der Waals surface area contributed by atoms with E-state index in [4.69, 9.17) is 4.74 Å². The van der Waals surface area contributed by atoms with Gasteiger partial charge in [0.1, 0.15) is 0 Å². The Kier molecular flexibility index (Phi) is 4.27. The molecule has 1 fully saturated rings. The van der Waals surface area contributed by atoms with Gasteiger partial charge in [-0.25, -0.2) is 4.98 Å².